The van der Waals surface area contributed by atoms with E-state index in [1.165, 1.54) is 8.66 Å². The smallest absolute Gasteiger partial charge is 0.0701 e. The van der Waals surface area contributed by atoms with Crippen LogP contribution >= 0.6 is 43.2 Å². The molecule has 1 fully saturated rings. The Kier molecular flexibility index (Phi) is 3.68. The van der Waals surface area contributed by atoms with Gasteiger partial charge in [-0.05, 0) is 41.4 Å². The van der Waals surface area contributed by atoms with Gasteiger partial charge >= 0.3 is 0 Å². The summed E-state index contributed by atoms with van der Waals surface area (Å²) in [4.78, 5) is 1.83. The second-order valence-corrected chi connectivity index (χ2v) is 7.05. The van der Waals surface area contributed by atoms with Gasteiger partial charge in [-0.2, -0.15) is 0 Å². The van der Waals surface area contributed by atoms with Crippen LogP contribution in [0.3, 0.4) is 0 Å². The molecule has 78 valence electrons. The molecule has 1 nitrogen and oxygen atoms in total. The third-order valence-electron chi connectivity index (χ3n) is 2.68. The molecule has 1 aliphatic rings. The second-order valence-electron chi connectivity index (χ2n) is 3.57. The van der Waals surface area contributed by atoms with Gasteiger partial charge in [-0.25, -0.2) is 0 Å². The first-order chi connectivity index (χ1) is 6.68. The van der Waals surface area contributed by atoms with E-state index < -0.39 is 0 Å². The maximum atomic E-state index is 5.58. The van der Waals surface area contributed by atoms with E-state index in [0.29, 0.717) is 16.8 Å². The van der Waals surface area contributed by atoms with E-state index in [4.69, 9.17) is 4.74 Å². The second kappa shape index (κ2) is 4.64. The summed E-state index contributed by atoms with van der Waals surface area (Å²) in [6, 6.07) is 4.29. The Hall–Kier alpha value is 0.620. The van der Waals surface area contributed by atoms with Gasteiger partial charge in [0.05, 0.1) is 14.7 Å². The molecule has 1 aromatic rings. The summed E-state index contributed by atoms with van der Waals surface area (Å²) in [5.74, 6) is 0.612. The lowest BCUT2D eigenvalue weighted by atomic mass is 9.98. The van der Waals surface area contributed by atoms with Gasteiger partial charge in [-0.1, -0.05) is 15.9 Å². The van der Waals surface area contributed by atoms with E-state index in [-0.39, 0.29) is 0 Å². The van der Waals surface area contributed by atoms with Crippen LogP contribution in [0.15, 0.2) is 15.9 Å². The molecule has 0 aliphatic carbocycles. The molecule has 3 unspecified atom stereocenters. The first kappa shape index (κ1) is 11.1. The number of thiophene rings is 1. The van der Waals surface area contributed by atoms with Crippen LogP contribution < -0.4 is 0 Å². The van der Waals surface area contributed by atoms with Gasteiger partial charge in [0.15, 0.2) is 0 Å². The molecule has 1 aromatic heterocycles. The highest BCUT2D eigenvalue weighted by molar-refractivity contribution is 9.11. The SMILES string of the molecule is CC1OCCC1C(Br)c1ccc(Br)s1. The summed E-state index contributed by atoms with van der Waals surface area (Å²) < 4.78 is 6.78. The van der Waals surface area contributed by atoms with Crippen molar-refractivity contribution in [1.82, 2.24) is 0 Å². The first-order valence-electron chi connectivity index (χ1n) is 4.69. The Morgan fingerprint density at radius 2 is 2.36 bits per heavy atom. The molecule has 0 saturated carbocycles. The third-order valence-corrected chi connectivity index (χ3v) is 5.86. The first-order valence-corrected chi connectivity index (χ1v) is 7.22. The predicted octanol–water partition coefficient (Wildman–Crippen LogP) is 4.37. The molecule has 3 atom stereocenters. The zero-order valence-corrected chi connectivity index (χ0v) is 11.9. The summed E-state index contributed by atoms with van der Waals surface area (Å²) in [6.45, 7) is 3.06. The minimum Gasteiger partial charge on any atom is -0.378 e. The zero-order chi connectivity index (χ0) is 10.1. The van der Waals surface area contributed by atoms with Crippen molar-refractivity contribution in [2.24, 2.45) is 5.92 Å². The van der Waals surface area contributed by atoms with E-state index in [0.717, 1.165) is 13.0 Å². The van der Waals surface area contributed by atoms with Crippen molar-refractivity contribution < 1.29 is 4.74 Å². The van der Waals surface area contributed by atoms with Gasteiger partial charge in [0.2, 0.25) is 0 Å². The van der Waals surface area contributed by atoms with Gasteiger partial charge in [0.25, 0.3) is 0 Å². The van der Waals surface area contributed by atoms with Crippen LogP contribution in [-0.2, 0) is 4.74 Å². The number of halogens is 2. The van der Waals surface area contributed by atoms with Gasteiger partial charge < -0.3 is 4.74 Å². The lowest BCUT2D eigenvalue weighted by Gasteiger charge is -2.19. The average molecular weight is 340 g/mol. The maximum Gasteiger partial charge on any atom is 0.0701 e. The number of alkyl halides is 1. The summed E-state index contributed by atoms with van der Waals surface area (Å²) in [6.07, 6.45) is 1.53. The normalized spacial score (nSPS) is 29.4. The molecule has 14 heavy (non-hydrogen) atoms. The van der Waals surface area contributed by atoms with Crippen molar-refractivity contribution in [3.05, 3.63) is 20.8 Å². The van der Waals surface area contributed by atoms with Crippen molar-refractivity contribution in [3.8, 4) is 0 Å². The van der Waals surface area contributed by atoms with Crippen LogP contribution in [0.4, 0.5) is 0 Å². The third kappa shape index (κ3) is 2.23. The fourth-order valence-electron chi connectivity index (χ4n) is 1.82. The van der Waals surface area contributed by atoms with Crippen molar-refractivity contribution in [2.75, 3.05) is 6.61 Å². The molecule has 0 radical (unpaired) electrons. The van der Waals surface area contributed by atoms with Gasteiger partial charge in [0, 0.05) is 17.4 Å². The topological polar surface area (TPSA) is 9.23 Å². The quantitative estimate of drug-likeness (QED) is 0.727. The maximum absolute atomic E-state index is 5.58. The highest BCUT2D eigenvalue weighted by Crippen LogP contribution is 2.42. The Labute approximate surface area is 105 Å². The van der Waals surface area contributed by atoms with E-state index in [9.17, 15) is 0 Å². The lowest BCUT2D eigenvalue weighted by Crippen LogP contribution is -2.15. The monoisotopic (exact) mass is 338 g/mol. The Morgan fingerprint density at radius 3 is 2.86 bits per heavy atom. The van der Waals surface area contributed by atoms with Crippen LogP contribution in [0, 0.1) is 5.92 Å². The van der Waals surface area contributed by atoms with Crippen molar-refractivity contribution in [3.63, 3.8) is 0 Å². The minimum atomic E-state index is 0.375. The van der Waals surface area contributed by atoms with Crippen LogP contribution in [0.2, 0.25) is 0 Å². The fourth-order valence-corrected chi connectivity index (χ4v) is 4.42. The molecule has 0 amide bonds. The molecule has 0 bridgehead atoms. The van der Waals surface area contributed by atoms with Gasteiger partial charge in [0.1, 0.15) is 0 Å². The van der Waals surface area contributed by atoms with Gasteiger partial charge in [-0.15, -0.1) is 11.3 Å². The van der Waals surface area contributed by atoms with Crippen molar-refractivity contribution in [2.45, 2.75) is 24.3 Å². The Morgan fingerprint density at radius 1 is 1.57 bits per heavy atom. The van der Waals surface area contributed by atoms with E-state index >= 15 is 0 Å². The van der Waals surface area contributed by atoms with Crippen molar-refractivity contribution in [1.29, 1.82) is 0 Å². The molecule has 4 heteroatoms. The number of ether oxygens (including phenoxy) is 1. The van der Waals surface area contributed by atoms with Crippen LogP contribution in [0.5, 0.6) is 0 Å². The molecule has 0 aromatic carbocycles. The number of rotatable bonds is 2. The molecule has 2 heterocycles. The van der Waals surface area contributed by atoms with E-state index in [1.54, 1.807) is 11.3 Å². The van der Waals surface area contributed by atoms with Crippen LogP contribution in [-0.4, -0.2) is 12.7 Å². The summed E-state index contributed by atoms with van der Waals surface area (Å²) in [7, 11) is 0. The minimum absolute atomic E-state index is 0.375. The van der Waals surface area contributed by atoms with Crippen LogP contribution in [0.1, 0.15) is 23.0 Å². The highest BCUT2D eigenvalue weighted by atomic mass is 79.9. The zero-order valence-electron chi connectivity index (χ0n) is 7.87. The molecule has 1 saturated heterocycles. The molecule has 0 N–H and O–H groups in total. The van der Waals surface area contributed by atoms with Gasteiger partial charge in [-0.3, -0.25) is 0 Å². The molecule has 1 aliphatic heterocycles. The summed E-state index contributed by atoms with van der Waals surface area (Å²) >= 11 is 9.07. The van der Waals surface area contributed by atoms with Crippen LogP contribution in [0.25, 0.3) is 0 Å². The number of hydrogen-bond donors (Lipinski definition) is 0. The largest absolute Gasteiger partial charge is 0.378 e. The molecule has 0 spiro atoms. The van der Waals surface area contributed by atoms with Crippen molar-refractivity contribution >= 4 is 43.2 Å². The van der Waals surface area contributed by atoms with E-state index in [2.05, 4.69) is 50.9 Å². The predicted molar refractivity (Wildman–Crippen MR) is 67.2 cm³/mol. The molecular formula is C10H12Br2OS. The summed E-state index contributed by atoms with van der Waals surface area (Å²) in [5.41, 5.74) is 0. The number of hydrogen-bond acceptors (Lipinski definition) is 2. The van der Waals surface area contributed by atoms with E-state index in [1.807, 2.05) is 0 Å². The lowest BCUT2D eigenvalue weighted by molar-refractivity contribution is 0.106. The highest BCUT2D eigenvalue weighted by Gasteiger charge is 2.31. The fraction of sp³-hybridized carbons (Fsp3) is 0.600. The average Bonchev–Trinajstić information content (AvgIpc) is 2.73. The Bertz CT molecular complexity index is 313. The molecular weight excluding hydrogens is 328 g/mol. The standard InChI is InChI=1S/C10H12Br2OS/c1-6-7(4-5-13-6)10(12)8-2-3-9(11)14-8/h2-3,6-7,10H,4-5H2,1H3. The molecule has 2 rings (SSSR count). The summed E-state index contributed by atoms with van der Waals surface area (Å²) in [5, 5.41) is 0. The Balaban J connectivity index is 2.11.